The molecule has 142 valence electrons. The normalized spacial score (nSPS) is 11.8. The maximum Gasteiger partial charge on any atom is 0.183 e. The lowest BCUT2D eigenvalue weighted by molar-refractivity contribution is 0.770. The summed E-state index contributed by atoms with van der Waals surface area (Å²) in [7, 11) is 1.81. The average Bonchev–Trinajstić information content (AvgIpc) is 3.36. The van der Waals surface area contributed by atoms with Gasteiger partial charge in [-0.15, -0.1) is 6.42 Å². The van der Waals surface area contributed by atoms with Crippen molar-refractivity contribution in [3.05, 3.63) is 41.3 Å². The van der Waals surface area contributed by atoms with Crippen molar-refractivity contribution in [2.24, 2.45) is 7.05 Å². The maximum absolute atomic E-state index is 9.63. The third-order valence-corrected chi connectivity index (χ3v) is 4.63. The zero-order chi connectivity index (χ0) is 20.5. The van der Waals surface area contributed by atoms with Gasteiger partial charge in [0.05, 0.1) is 22.8 Å². The zero-order valence-corrected chi connectivity index (χ0v) is 16.4. The summed E-state index contributed by atoms with van der Waals surface area (Å²) in [5.41, 5.74) is 3.17. The van der Waals surface area contributed by atoms with Gasteiger partial charge in [-0.2, -0.15) is 15.5 Å². The van der Waals surface area contributed by atoms with E-state index in [1.807, 2.05) is 25.4 Å². The number of H-pyrrole nitrogens is 1. The van der Waals surface area contributed by atoms with Crippen molar-refractivity contribution in [2.45, 2.75) is 13.0 Å². The summed E-state index contributed by atoms with van der Waals surface area (Å²) in [6, 6.07) is 7.23. The first-order valence-corrected chi connectivity index (χ1v) is 9.05. The van der Waals surface area contributed by atoms with Gasteiger partial charge < -0.3 is 5.32 Å². The number of nitrogens with one attached hydrogen (secondary N) is 2. The number of halogens is 1. The van der Waals surface area contributed by atoms with Gasteiger partial charge in [-0.1, -0.05) is 17.5 Å². The fourth-order valence-corrected chi connectivity index (χ4v) is 3.20. The number of nitrogens with zero attached hydrogens (tertiary/aromatic N) is 6. The quantitative estimate of drug-likeness (QED) is 0.506. The molecule has 4 aromatic rings. The largest absolute Gasteiger partial charge is 0.354 e. The number of fused-ring (bicyclic) bond motifs is 1. The number of rotatable bonds is 4. The molecule has 0 spiro atoms. The highest BCUT2D eigenvalue weighted by Gasteiger charge is 2.20. The third-order valence-electron chi connectivity index (χ3n) is 4.34. The number of anilines is 1. The number of hydrogen-bond acceptors (Lipinski definition) is 6. The minimum absolute atomic E-state index is 0.130. The Bertz CT molecular complexity index is 1300. The molecule has 8 nitrogen and oxygen atoms in total. The van der Waals surface area contributed by atoms with Crippen LogP contribution in [0.1, 0.15) is 12.6 Å². The van der Waals surface area contributed by atoms with Gasteiger partial charge in [0, 0.05) is 24.2 Å². The van der Waals surface area contributed by atoms with Crippen LogP contribution in [0.5, 0.6) is 0 Å². The van der Waals surface area contributed by atoms with Crippen LogP contribution in [0.4, 0.5) is 5.82 Å². The molecule has 29 heavy (non-hydrogen) atoms. The number of hydrogen-bond donors (Lipinski definition) is 2. The van der Waals surface area contributed by atoms with Crippen LogP contribution in [0.25, 0.3) is 33.5 Å². The van der Waals surface area contributed by atoms with E-state index in [1.54, 1.807) is 23.9 Å². The van der Waals surface area contributed by atoms with Crippen molar-refractivity contribution < 1.29 is 0 Å². The Labute approximate surface area is 171 Å². The Morgan fingerprint density at radius 3 is 2.83 bits per heavy atom. The van der Waals surface area contributed by atoms with Gasteiger partial charge in [-0.3, -0.25) is 9.78 Å². The lowest BCUT2D eigenvalue weighted by Crippen LogP contribution is -2.16. The van der Waals surface area contributed by atoms with E-state index in [0.29, 0.717) is 33.5 Å². The van der Waals surface area contributed by atoms with E-state index in [9.17, 15) is 5.26 Å². The van der Waals surface area contributed by atoms with Gasteiger partial charge in [0.2, 0.25) is 0 Å². The Kier molecular flexibility index (Phi) is 4.63. The smallest absolute Gasteiger partial charge is 0.183 e. The van der Waals surface area contributed by atoms with Crippen molar-refractivity contribution in [1.29, 1.82) is 5.26 Å². The van der Waals surface area contributed by atoms with Crippen LogP contribution in [0.2, 0.25) is 5.02 Å². The fourth-order valence-electron chi connectivity index (χ4n) is 2.93. The standard InChI is InChI=1S/C20H15ClN8/c1-4-11(2)24-20-16(9-22)25-18(19(26-20)15-5-6-29(3)28-15)12-7-13-10-23-27-17(13)14(21)8-12/h1,5-8,10-11H,2-3H3,(H,23,27)(H,24,26). The first-order valence-electron chi connectivity index (χ1n) is 8.68. The first kappa shape index (κ1) is 18.5. The summed E-state index contributed by atoms with van der Waals surface area (Å²) in [4.78, 5) is 9.23. The highest BCUT2D eigenvalue weighted by molar-refractivity contribution is 6.35. The SMILES string of the molecule is C#CC(C)Nc1nc(-c2ccn(C)n2)c(-c2cc(Cl)c3[nH]ncc3c2)nc1C#N. The molecule has 9 heteroatoms. The van der Waals surface area contributed by atoms with E-state index in [2.05, 4.69) is 42.6 Å². The molecule has 0 saturated heterocycles. The molecule has 0 fully saturated rings. The summed E-state index contributed by atoms with van der Waals surface area (Å²) < 4.78 is 1.67. The van der Waals surface area contributed by atoms with Crippen LogP contribution >= 0.6 is 11.6 Å². The number of terminal acetylenes is 1. The molecule has 0 radical (unpaired) electrons. The van der Waals surface area contributed by atoms with Gasteiger partial charge in [-0.25, -0.2) is 9.97 Å². The highest BCUT2D eigenvalue weighted by Crippen LogP contribution is 2.34. The Morgan fingerprint density at radius 2 is 2.14 bits per heavy atom. The molecule has 1 aromatic carbocycles. The van der Waals surface area contributed by atoms with E-state index >= 15 is 0 Å². The fraction of sp³-hybridized carbons (Fsp3) is 0.150. The van der Waals surface area contributed by atoms with Gasteiger partial charge in [0.25, 0.3) is 0 Å². The molecule has 2 N–H and O–H groups in total. The van der Waals surface area contributed by atoms with E-state index in [0.717, 1.165) is 10.9 Å². The van der Waals surface area contributed by atoms with Crippen molar-refractivity contribution in [1.82, 2.24) is 29.9 Å². The second-order valence-corrected chi connectivity index (χ2v) is 6.84. The Hall–Kier alpha value is -3.88. The molecule has 0 saturated carbocycles. The van der Waals surface area contributed by atoms with Crippen LogP contribution in [0.3, 0.4) is 0 Å². The summed E-state index contributed by atoms with van der Waals surface area (Å²) in [5.74, 6) is 2.87. The van der Waals surface area contributed by atoms with Gasteiger partial charge in [-0.05, 0) is 25.1 Å². The number of aromatic amines is 1. The molecule has 3 aromatic heterocycles. The molecular formula is C20H15ClN8. The van der Waals surface area contributed by atoms with Crippen LogP contribution in [0.15, 0.2) is 30.6 Å². The Morgan fingerprint density at radius 1 is 1.31 bits per heavy atom. The Balaban J connectivity index is 1.98. The first-order chi connectivity index (χ1) is 14.0. The zero-order valence-electron chi connectivity index (χ0n) is 15.6. The summed E-state index contributed by atoms with van der Waals surface area (Å²) in [5, 5.41) is 25.3. The van der Waals surface area contributed by atoms with Crippen LogP contribution in [0, 0.1) is 23.7 Å². The number of benzene rings is 1. The van der Waals surface area contributed by atoms with Crippen LogP contribution in [-0.4, -0.2) is 36.0 Å². The molecule has 0 bridgehead atoms. The minimum Gasteiger partial charge on any atom is -0.354 e. The molecule has 1 atom stereocenters. The van der Waals surface area contributed by atoms with Crippen molar-refractivity contribution >= 4 is 28.3 Å². The molecule has 0 amide bonds. The van der Waals surface area contributed by atoms with Crippen LogP contribution < -0.4 is 5.32 Å². The molecule has 0 aliphatic carbocycles. The average molecular weight is 403 g/mol. The third kappa shape index (κ3) is 3.38. The number of aromatic nitrogens is 6. The highest BCUT2D eigenvalue weighted by atomic mass is 35.5. The van der Waals surface area contributed by atoms with Crippen molar-refractivity contribution in [3.63, 3.8) is 0 Å². The lowest BCUT2D eigenvalue weighted by Gasteiger charge is -2.14. The predicted octanol–water partition coefficient (Wildman–Crippen LogP) is 3.38. The minimum atomic E-state index is -0.324. The monoisotopic (exact) mass is 402 g/mol. The second-order valence-electron chi connectivity index (χ2n) is 6.43. The van der Waals surface area contributed by atoms with E-state index in [-0.39, 0.29) is 11.7 Å². The number of nitriles is 1. The van der Waals surface area contributed by atoms with Crippen molar-refractivity contribution in [3.8, 4) is 41.1 Å². The molecule has 1 unspecified atom stereocenters. The van der Waals surface area contributed by atoms with Gasteiger partial charge in [0.1, 0.15) is 23.2 Å². The topological polar surface area (TPSA) is 108 Å². The van der Waals surface area contributed by atoms with E-state index in [4.69, 9.17) is 18.0 Å². The molecular weight excluding hydrogens is 388 g/mol. The molecule has 0 aliphatic heterocycles. The molecule has 3 heterocycles. The van der Waals surface area contributed by atoms with E-state index < -0.39 is 0 Å². The van der Waals surface area contributed by atoms with Gasteiger partial charge in [0.15, 0.2) is 11.5 Å². The molecule has 4 rings (SSSR count). The van der Waals surface area contributed by atoms with Crippen molar-refractivity contribution in [2.75, 3.05) is 5.32 Å². The van der Waals surface area contributed by atoms with E-state index in [1.165, 1.54) is 0 Å². The van der Waals surface area contributed by atoms with Gasteiger partial charge >= 0.3 is 0 Å². The summed E-state index contributed by atoms with van der Waals surface area (Å²) >= 11 is 6.41. The summed E-state index contributed by atoms with van der Waals surface area (Å²) in [6.07, 6.45) is 8.94. The maximum atomic E-state index is 9.63. The second kappa shape index (κ2) is 7.27. The summed E-state index contributed by atoms with van der Waals surface area (Å²) in [6.45, 7) is 1.80. The number of aryl methyl sites for hydroxylation is 1. The lowest BCUT2D eigenvalue weighted by atomic mass is 10.1. The van der Waals surface area contributed by atoms with Crippen LogP contribution in [-0.2, 0) is 7.05 Å². The predicted molar refractivity (Wildman–Crippen MR) is 111 cm³/mol. The molecule has 0 aliphatic rings.